The topological polar surface area (TPSA) is 149 Å². The van der Waals surface area contributed by atoms with E-state index in [-0.39, 0.29) is 12.5 Å². The summed E-state index contributed by atoms with van der Waals surface area (Å²) < 4.78 is 11.3. The summed E-state index contributed by atoms with van der Waals surface area (Å²) in [5.41, 5.74) is 0. The van der Waals surface area contributed by atoms with Crippen molar-refractivity contribution in [3.63, 3.8) is 0 Å². The summed E-state index contributed by atoms with van der Waals surface area (Å²) >= 11 is 0. The highest BCUT2D eigenvalue weighted by atomic mass is 16.7. The average Bonchev–Trinajstić information content (AvgIpc) is 3.60. The largest absolute Gasteiger partial charge is 0.394 e. The van der Waals surface area contributed by atoms with Crippen LogP contribution in [0, 0.1) is 0 Å². The first-order valence-corrected chi connectivity index (χ1v) is 36.4. The summed E-state index contributed by atoms with van der Waals surface area (Å²) in [6.07, 6.45) is 79.6. The van der Waals surface area contributed by atoms with Gasteiger partial charge in [0.2, 0.25) is 5.91 Å². The molecule has 0 radical (unpaired) electrons. The maximum absolute atomic E-state index is 13.1. The van der Waals surface area contributed by atoms with Gasteiger partial charge in [0.1, 0.15) is 24.4 Å². The van der Waals surface area contributed by atoms with Gasteiger partial charge in [0, 0.05) is 6.42 Å². The van der Waals surface area contributed by atoms with Crippen molar-refractivity contribution in [2.45, 2.75) is 403 Å². The molecule has 1 aliphatic heterocycles. The van der Waals surface area contributed by atoms with Gasteiger partial charge < -0.3 is 40.3 Å². The third kappa shape index (κ3) is 51.9. The number of ether oxygens (including phenoxy) is 2. The second-order valence-electron chi connectivity index (χ2n) is 25.4. The summed E-state index contributed by atoms with van der Waals surface area (Å²) in [5.74, 6) is -0.180. The fraction of sp³-hybridized carbons (Fsp3) is 0.878. The molecule has 9 nitrogen and oxygen atoms in total. The lowest BCUT2D eigenvalue weighted by Crippen LogP contribution is -2.60. The Bertz CT molecular complexity index is 1450. The van der Waals surface area contributed by atoms with E-state index in [9.17, 15) is 30.3 Å². The maximum Gasteiger partial charge on any atom is 0.220 e. The normalized spacial score (nSPS) is 18.5. The van der Waals surface area contributed by atoms with E-state index in [1.54, 1.807) is 6.08 Å². The number of hydrogen-bond acceptors (Lipinski definition) is 8. The molecule has 83 heavy (non-hydrogen) atoms. The lowest BCUT2D eigenvalue weighted by Gasteiger charge is -2.40. The second kappa shape index (κ2) is 63.2. The number of aliphatic hydroxyl groups excluding tert-OH is 5. The Balaban J connectivity index is 2.07. The first-order valence-electron chi connectivity index (χ1n) is 36.4. The van der Waals surface area contributed by atoms with Gasteiger partial charge in [-0.3, -0.25) is 4.79 Å². The van der Waals surface area contributed by atoms with Crippen LogP contribution in [0.5, 0.6) is 0 Å². The van der Waals surface area contributed by atoms with Crippen LogP contribution in [0.1, 0.15) is 361 Å². The number of hydrogen-bond donors (Lipinski definition) is 6. The van der Waals surface area contributed by atoms with Crippen LogP contribution < -0.4 is 5.32 Å². The molecular weight excluding hydrogens is 1030 g/mol. The Morgan fingerprint density at radius 1 is 0.410 bits per heavy atom. The van der Waals surface area contributed by atoms with Crippen LogP contribution in [0.3, 0.4) is 0 Å². The van der Waals surface area contributed by atoms with Gasteiger partial charge in [0.05, 0.1) is 25.4 Å². The van der Waals surface area contributed by atoms with Crippen molar-refractivity contribution in [3.8, 4) is 0 Å². The van der Waals surface area contributed by atoms with Crippen LogP contribution in [0.4, 0.5) is 0 Å². The minimum absolute atomic E-state index is 0.180. The van der Waals surface area contributed by atoms with Crippen LogP contribution in [0.2, 0.25) is 0 Å². The van der Waals surface area contributed by atoms with Gasteiger partial charge in [0.15, 0.2) is 6.29 Å². The SMILES string of the molecule is CCCCCCC/C=C\C/C=C\CCCCCCCCCCCCCCCCCCCCCCCCCCCCCC(=O)NC(COC1OC(CO)C(O)C(O)C1O)C(O)/C=C/CC/C=C/CCCCCCCCCCCCCCCCC. The van der Waals surface area contributed by atoms with Gasteiger partial charge in [-0.2, -0.15) is 0 Å². The molecule has 1 amide bonds. The number of carbonyl (C=O) groups is 1. The number of rotatable bonds is 64. The molecule has 0 aromatic carbocycles. The van der Waals surface area contributed by atoms with Crippen LogP contribution in [-0.4, -0.2) is 87.5 Å². The van der Waals surface area contributed by atoms with Crippen LogP contribution in [-0.2, 0) is 14.3 Å². The molecule has 1 fully saturated rings. The molecule has 1 aliphatic rings. The van der Waals surface area contributed by atoms with Gasteiger partial charge in [-0.15, -0.1) is 0 Å². The van der Waals surface area contributed by atoms with E-state index in [2.05, 4.69) is 55.6 Å². The molecule has 0 spiro atoms. The molecule has 0 bridgehead atoms. The van der Waals surface area contributed by atoms with E-state index in [4.69, 9.17) is 9.47 Å². The smallest absolute Gasteiger partial charge is 0.220 e. The standard InChI is InChI=1S/C74H139NO8/c1-3-5-7-9-11-13-15-17-19-21-23-25-26-27-28-29-30-31-32-33-34-35-36-37-38-39-40-41-42-44-46-48-50-52-54-56-58-60-62-64-70(78)75-67(66-82-74-73(81)72(80)71(79)69(65-76)83-74)68(77)63-61-59-57-55-53-51-49-47-45-43-24-22-20-18-16-14-12-10-8-6-4-2/h15,17,21,23,53,55,61,63,67-69,71-74,76-77,79-81H,3-14,16,18-20,22,24-52,54,56-60,62,64-66H2,1-2H3,(H,75,78)/b17-15-,23-21-,55-53+,63-61+. The highest BCUT2D eigenvalue weighted by molar-refractivity contribution is 5.76. The monoisotopic (exact) mass is 1170 g/mol. The van der Waals surface area contributed by atoms with Crippen molar-refractivity contribution in [3.05, 3.63) is 48.6 Å². The Morgan fingerprint density at radius 2 is 0.723 bits per heavy atom. The molecule has 7 atom stereocenters. The van der Waals surface area contributed by atoms with E-state index >= 15 is 0 Å². The van der Waals surface area contributed by atoms with Crippen LogP contribution in [0.25, 0.3) is 0 Å². The summed E-state index contributed by atoms with van der Waals surface area (Å²) in [6.45, 7) is 3.80. The zero-order chi connectivity index (χ0) is 60.0. The van der Waals surface area contributed by atoms with E-state index < -0.39 is 49.5 Å². The zero-order valence-corrected chi connectivity index (χ0v) is 54.7. The fourth-order valence-electron chi connectivity index (χ4n) is 11.7. The Labute approximate surface area is 514 Å². The van der Waals surface area contributed by atoms with E-state index in [1.807, 2.05) is 6.08 Å². The van der Waals surface area contributed by atoms with Crippen molar-refractivity contribution in [2.24, 2.45) is 0 Å². The van der Waals surface area contributed by atoms with E-state index in [0.717, 1.165) is 44.9 Å². The van der Waals surface area contributed by atoms with E-state index in [0.29, 0.717) is 6.42 Å². The lowest BCUT2D eigenvalue weighted by molar-refractivity contribution is -0.302. The quantitative estimate of drug-likeness (QED) is 0.0261. The summed E-state index contributed by atoms with van der Waals surface area (Å²) in [6, 6.07) is -0.822. The Hall–Kier alpha value is -1.85. The first kappa shape index (κ1) is 79.2. The van der Waals surface area contributed by atoms with Gasteiger partial charge in [0.25, 0.3) is 0 Å². The number of allylic oxidation sites excluding steroid dienone is 7. The van der Waals surface area contributed by atoms with Crippen molar-refractivity contribution in [1.82, 2.24) is 5.32 Å². The molecule has 1 rings (SSSR count). The summed E-state index contributed by atoms with van der Waals surface area (Å²) in [5, 5.41) is 54.7. The van der Waals surface area contributed by atoms with Crippen molar-refractivity contribution in [1.29, 1.82) is 0 Å². The summed E-state index contributed by atoms with van der Waals surface area (Å²) in [4.78, 5) is 13.1. The molecule has 6 N–H and O–H groups in total. The van der Waals surface area contributed by atoms with Gasteiger partial charge >= 0.3 is 0 Å². The lowest BCUT2D eigenvalue weighted by atomic mass is 9.99. The third-order valence-corrected chi connectivity index (χ3v) is 17.4. The number of carbonyl (C=O) groups excluding carboxylic acids is 1. The molecule has 1 saturated heterocycles. The minimum atomic E-state index is -1.57. The van der Waals surface area contributed by atoms with Gasteiger partial charge in [-0.1, -0.05) is 339 Å². The molecule has 488 valence electrons. The number of aliphatic hydroxyl groups is 5. The molecular formula is C74H139NO8. The van der Waals surface area contributed by atoms with Gasteiger partial charge in [-0.05, 0) is 64.2 Å². The average molecular weight is 1170 g/mol. The maximum atomic E-state index is 13.1. The predicted molar refractivity (Wildman–Crippen MR) is 355 cm³/mol. The highest BCUT2D eigenvalue weighted by Gasteiger charge is 2.44. The number of unbranched alkanes of at least 4 members (excludes halogenated alkanes) is 48. The van der Waals surface area contributed by atoms with Crippen LogP contribution >= 0.6 is 0 Å². The molecule has 7 unspecified atom stereocenters. The zero-order valence-electron chi connectivity index (χ0n) is 54.7. The molecule has 0 aliphatic carbocycles. The second-order valence-corrected chi connectivity index (χ2v) is 25.4. The third-order valence-electron chi connectivity index (χ3n) is 17.4. The predicted octanol–water partition coefficient (Wildman–Crippen LogP) is 20.0. The van der Waals surface area contributed by atoms with Gasteiger partial charge in [-0.25, -0.2) is 0 Å². The Morgan fingerprint density at radius 3 is 1.08 bits per heavy atom. The fourth-order valence-corrected chi connectivity index (χ4v) is 11.7. The molecule has 1 heterocycles. The number of nitrogens with one attached hydrogen (secondary N) is 1. The van der Waals surface area contributed by atoms with E-state index in [1.165, 1.54) is 295 Å². The summed E-state index contributed by atoms with van der Waals surface area (Å²) in [7, 11) is 0. The highest BCUT2D eigenvalue weighted by Crippen LogP contribution is 2.23. The first-order chi connectivity index (χ1) is 40.8. The molecule has 0 aromatic heterocycles. The molecule has 9 heteroatoms. The molecule has 0 saturated carbocycles. The Kier molecular flexibility index (Phi) is 60.3. The van der Waals surface area contributed by atoms with Crippen LogP contribution in [0.15, 0.2) is 48.6 Å². The number of amides is 1. The van der Waals surface area contributed by atoms with Crippen molar-refractivity contribution in [2.75, 3.05) is 13.2 Å². The van der Waals surface area contributed by atoms with Crippen molar-refractivity contribution < 1.29 is 39.8 Å². The van der Waals surface area contributed by atoms with Crippen molar-refractivity contribution >= 4 is 5.91 Å². The minimum Gasteiger partial charge on any atom is -0.394 e. The molecule has 0 aromatic rings.